The third-order valence-electron chi connectivity index (χ3n) is 5.98. The van der Waals surface area contributed by atoms with Crippen LogP contribution in [-0.4, -0.2) is 37.7 Å². The lowest BCUT2D eigenvalue weighted by Gasteiger charge is -2.31. The van der Waals surface area contributed by atoms with Crippen molar-refractivity contribution in [1.82, 2.24) is 25.1 Å². The number of benzene rings is 1. The molecule has 0 radical (unpaired) electrons. The van der Waals surface area contributed by atoms with Gasteiger partial charge >= 0.3 is 0 Å². The van der Waals surface area contributed by atoms with Crippen molar-refractivity contribution in [1.29, 1.82) is 5.26 Å². The maximum absolute atomic E-state index is 8.78. The van der Waals surface area contributed by atoms with E-state index in [9.17, 15) is 0 Å². The van der Waals surface area contributed by atoms with Crippen molar-refractivity contribution < 1.29 is 0 Å². The van der Waals surface area contributed by atoms with Crippen LogP contribution >= 0.6 is 0 Å². The number of nitrogens with one attached hydrogen (secondary N) is 1. The average molecular weight is 409 g/mol. The Morgan fingerprint density at radius 2 is 1.94 bits per heavy atom. The van der Waals surface area contributed by atoms with Gasteiger partial charge in [0.2, 0.25) is 5.95 Å². The first-order valence-electron chi connectivity index (χ1n) is 10.5. The summed E-state index contributed by atoms with van der Waals surface area (Å²) in [4.78, 5) is 11.6. The highest BCUT2D eigenvalue weighted by Gasteiger charge is 2.24. The maximum atomic E-state index is 8.78. The summed E-state index contributed by atoms with van der Waals surface area (Å²) in [5, 5.41) is 20.6. The van der Waals surface area contributed by atoms with E-state index >= 15 is 0 Å². The van der Waals surface area contributed by atoms with E-state index in [2.05, 4.69) is 62.3 Å². The van der Waals surface area contributed by atoms with Gasteiger partial charge in [-0.25, -0.2) is 9.97 Å². The SMILES string of the molecule is C=C(c1ccc(CC#N)nn1)N1CCc2nc(NC3Cc4ccccc4C3)ncc2C1. The Bertz CT molecular complexity index is 1140. The minimum absolute atomic E-state index is 0.261. The molecule has 7 nitrogen and oxygen atoms in total. The molecule has 7 heteroatoms. The molecular weight excluding hydrogens is 386 g/mol. The highest BCUT2D eigenvalue weighted by molar-refractivity contribution is 5.58. The minimum atomic E-state index is 0.261. The van der Waals surface area contributed by atoms with Crippen molar-refractivity contribution in [3.05, 3.63) is 82.9 Å². The van der Waals surface area contributed by atoms with Gasteiger partial charge < -0.3 is 10.2 Å². The van der Waals surface area contributed by atoms with Gasteiger partial charge in [0.15, 0.2) is 0 Å². The predicted molar refractivity (Wildman–Crippen MR) is 118 cm³/mol. The van der Waals surface area contributed by atoms with Crippen molar-refractivity contribution in [3.8, 4) is 6.07 Å². The van der Waals surface area contributed by atoms with Crippen molar-refractivity contribution >= 4 is 11.6 Å². The maximum Gasteiger partial charge on any atom is 0.223 e. The molecule has 0 unspecified atom stereocenters. The summed E-state index contributed by atoms with van der Waals surface area (Å²) in [6, 6.07) is 14.7. The number of hydrogen-bond acceptors (Lipinski definition) is 7. The molecule has 0 bridgehead atoms. The van der Waals surface area contributed by atoms with Crippen molar-refractivity contribution in [2.45, 2.75) is 38.3 Å². The van der Waals surface area contributed by atoms with Crippen molar-refractivity contribution in [2.75, 3.05) is 11.9 Å². The Kier molecular flexibility index (Phi) is 5.04. The summed E-state index contributed by atoms with van der Waals surface area (Å²) in [5.41, 5.74) is 7.25. The zero-order valence-electron chi connectivity index (χ0n) is 17.3. The topological polar surface area (TPSA) is 90.6 Å². The van der Waals surface area contributed by atoms with Crippen LogP contribution in [0.25, 0.3) is 5.70 Å². The highest BCUT2D eigenvalue weighted by Crippen LogP contribution is 2.26. The Balaban J connectivity index is 1.24. The molecule has 1 aliphatic carbocycles. The molecule has 2 aliphatic rings. The van der Waals surface area contributed by atoms with Gasteiger partial charge in [0.05, 0.1) is 29.6 Å². The molecule has 3 heterocycles. The molecule has 0 fully saturated rings. The van der Waals surface area contributed by atoms with Crippen LogP contribution in [0.5, 0.6) is 0 Å². The first kappa shape index (κ1) is 19.2. The largest absolute Gasteiger partial charge is 0.365 e. The van der Waals surface area contributed by atoms with Crippen molar-refractivity contribution in [2.24, 2.45) is 0 Å². The highest BCUT2D eigenvalue weighted by atomic mass is 15.2. The summed E-state index contributed by atoms with van der Waals surface area (Å²) in [6.45, 7) is 5.73. The molecule has 0 saturated heterocycles. The first-order valence-corrected chi connectivity index (χ1v) is 10.5. The van der Waals surface area contributed by atoms with E-state index in [0.717, 1.165) is 48.5 Å². The summed E-state index contributed by atoms with van der Waals surface area (Å²) in [6.07, 6.45) is 5.04. The lowest BCUT2D eigenvalue weighted by atomic mass is 10.1. The van der Waals surface area contributed by atoms with Gasteiger partial charge in [0.1, 0.15) is 5.69 Å². The Morgan fingerprint density at radius 3 is 2.65 bits per heavy atom. The van der Waals surface area contributed by atoms with E-state index in [-0.39, 0.29) is 6.42 Å². The second-order valence-corrected chi connectivity index (χ2v) is 8.05. The zero-order chi connectivity index (χ0) is 21.2. The summed E-state index contributed by atoms with van der Waals surface area (Å²) < 4.78 is 0. The van der Waals surface area contributed by atoms with Crippen LogP contribution in [0.2, 0.25) is 0 Å². The monoisotopic (exact) mass is 409 g/mol. The molecule has 0 saturated carbocycles. The summed E-state index contributed by atoms with van der Waals surface area (Å²) >= 11 is 0. The molecule has 3 aromatic rings. The minimum Gasteiger partial charge on any atom is -0.365 e. The van der Waals surface area contributed by atoms with Gasteiger partial charge in [0, 0.05) is 37.3 Å². The number of nitrogens with zero attached hydrogens (tertiary/aromatic N) is 6. The van der Waals surface area contributed by atoms with Gasteiger partial charge in [-0.3, -0.25) is 0 Å². The van der Waals surface area contributed by atoms with Gasteiger partial charge in [0.25, 0.3) is 0 Å². The number of fused-ring (bicyclic) bond motifs is 2. The molecule has 1 aromatic carbocycles. The van der Waals surface area contributed by atoms with E-state index in [1.54, 1.807) is 0 Å². The van der Waals surface area contributed by atoms with Crippen LogP contribution < -0.4 is 5.32 Å². The van der Waals surface area contributed by atoms with Gasteiger partial charge in [-0.05, 0) is 36.1 Å². The smallest absolute Gasteiger partial charge is 0.223 e. The Labute approximate surface area is 181 Å². The van der Waals surface area contributed by atoms with E-state index in [0.29, 0.717) is 24.2 Å². The predicted octanol–water partition coefficient (Wildman–Crippen LogP) is 2.94. The molecule has 31 heavy (non-hydrogen) atoms. The molecule has 5 rings (SSSR count). The molecule has 0 spiro atoms. The molecule has 0 amide bonds. The Morgan fingerprint density at radius 1 is 1.13 bits per heavy atom. The number of hydrogen-bond donors (Lipinski definition) is 1. The molecule has 2 aromatic heterocycles. The fourth-order valence-electron chi connectivity index (χ4n) is 4.31. The Hall–Kier alpha value is -3.79. The third-order valence-corrected chi connectivity index (χ3v) is 5.98. The lowest BCUT2D eigenvalue weighted by molar-refractivity contribution is 0.367. The molecule has 0 atom stereocenters. The standard InChI is InChI=1S/C24H23N7/c1-16(22-7-6-20(8-10-25)29-30-22)31-11-9-23-19(15-31)14-26-24(28-23)27-21-12-17-4-2-3-5-18(17)13-21/h2-7,14,21H,1,8-9,11-13,15H2,(H,26,27,28). The second-order valence-electron chi connectivity index (χ2n) is 8.05. The lowest BCUT2D eigenvalue weighted by Crippen LogP contribution is -2.31. The fourth-order valence-corrected chi connectivity index (χ4v) is 4.31. The number of anilines is 1. The molecule has 154 valence electrons. The van der Waals surface area contributed by atoms with Crippen LogP contribution in [0, 0.1) is 11.3 Å². The van der Waals surface area contributed by atoms with Gasteiger partial charge in [-0.1, -0.05) is 30.8 Å². The number of nitriles is 1. The zero-order valence-corrected chi connectivity index (χ0v) is 17.3. The van der Waals surface area contributed by atoms with Gasteiger partial charge in [-0.2, -0.15) is 10.4 Å². The van der Waals surface area contributed by atoms with Crippen LogP contribution in [0.1, 0.15) is 33.8 Å². The van der Waals surface area contributed by atoms with Crippen LogP contribution in [-0.2, 0) is 32.2 Å². The van der Waals surface area contributed by atoms with E-state index < -0.39 is 0 Å². The van der Waals surface area contributed by atoms with E-state index in [1.165, 1.54) is 11.1 Å². The summed E-state index contributed by atoms with van der Waals surface area (Å²) in [7, 11) is 0. The van der Waals surface area contributed by atoms with Gasteiger partial charge in [-0.15, -0.1) is 5.10 Å². The average Bonchev–Trinajstić information content (AvgIpc) is 3.21. The van der Waals surface area contributed by atoms with Crippen molar-refractivity contribution in [3.63, 3.8) is 0 Å². The first-order chi connectivity index (χ1) is 15.2. The van der Waals surface area contributed by atoms with E-state index in [1.807, 2.05) is 18.3 Å². The van der Waals surface area contributed by atoms with Crippen LogP contribution in [0.3, 0.4) is 0 Å². The number of rotatable bonds is 5. The molecule has 1 N–H and O–H groups in total. The fraction of sp³-hybridized carbons (Fsp3) is 0.292. The normalized spacial score (nSPS) is 15.1. The quantitative estimate of drug-likeness (QED) is 0.693. The van der Waals surface area contributed by atoms with Crippen LogP contribution in [0.4, 0.5) is 5.95 Å². The second kappa shape index (κ2) is 8.15. The number of aromatic nitrogens is 4. The molecule has 1 aliphatic heterocycles. The third kappa shape index (κ3) is 3.97. The van der Waals surface area contributed by atoms with Crippen LogP contribution in [0.15, 0.2) is 49.2 Å². The molecular formula is C24H23N7. The van der Waals surface area contributed by atoms with E-state index in [4.69, 9.17) is 10.2 Å². The summed E-state index contributed by atoms with van der Waals surface area (Å²) in [5.74, 6) is 0.711.